The Labute approximate surface area is 174 Å². The predicted molar refractivity (Wildman–Crippen MR) is 116 cm³/mol. The minimum atomic E-state index is -0.317. The van der Waals surface area contributed by atoms with E-state index in [0.29, 0.717) is 17.7 Å². The zero-order chi connectivity index (χ0) is 20.8. The molecule has 4 rings (SSSR count). The number of rotatable bonds is 6. The predicted octanol–water partition coefficient (Wildman–Crippen LogP) is 4.37. The third kappa shape index (κ3) is 4.72. The van der Waals surface area contributed by atoms with Gasteiger partial charge in [0.2, 0.25) is 5.91 Å². The Morgan fingerprint density at radius 2 is 1.73 bits per heavy atom. The quantitative estimate of drug-likeness (QED) is 0.494. The molecule has 1 aliphatic heterocycles. The molecule has 1 saturated heterocycles. The summed E-state index contributed by atoms with van der Waals surface area (Å²) in [6.45, 7) is 0.724. The van der Waals surface area contributed by atoms with Crippen LogP contribution in [0.1, 0.15) is 28.8 Å². The molecule has 0 bridgehead atoms. The molecule has 0 aromatic heterocycles. The van der Waals surface area contributed by atoms with E-state index in [1.165, 1.54) is 0 Å². The highest BCUT2D eigenvalue weighted by Crippen LogP contribution is 2.22. The molecule has 0 unspecified atom stereocenters. The third-order valence-corrected chi connectivity index (χ3v) is 4.73. The highest BCUT2D eigenvalue weighted by Gasteiger charge is 2.21. The molecule has 6 heteroatoms. The minimum Gasteiger partial charge on any atom is -0.457 e. The number of para-hydroxylation sites is 1. The summed E-state index contributed by atoms with van der Waals surface area (Å²) in [5.41, 5.74) is 4.61. The van der Waals surface area contributed by atoms with E-state index in [1.54, 1.807) is 35.4 Å². The summed E-state index contributed by atoms with van der Waals surface area (Å²) in [7, 11) is 0. The lowest BCUT2D eigenvalue weighted by molar-refractivity contribution is -0.117. The van der Waals surface area contributed by atoms with Crippen LogP contribution >= 0.6 is 0 Å². The average molecular weight is 399 g/mol. The maximum Gasteiger partial charge on any atom is 0.271 e. The van der Waals surface area contributed by atoms with Crippen LogP contribution in [0.4, 0.5) is 5.69 Å². The molecule has 0 radical (unpaired) electrons. The zero-order valence-electron chi connectivity index (χ0n) is 16.3. The van der Waals surface area contributed by atoms with Gasteiger partial charge < -0.3 is 9.64 Å². The lowest BCUT2D eigenvalue weighted by atomic mass is 10.2. The van der Waals surface area contributed by atoms with Crippen molar-refractivity contribution >= 4 is 23.7 Å². The SMILES string of the molecule is O=C(N/N=C\c1cccc(Oc2ccccc2)c1)c1ccc(N2CCCC2=O)cc1. The number of hydrazone groups is 1. The van der Waals surface area contributed by atoms with E-state index in [4.69, 9.17) is 4.74 Å². The summed E-state index contributed by atoms with van der Waals surface area (Å²) < 4.78 is 5.80. The first-order valence-corrected chi connectivity index (χ1v) is 9.76. The van der Waals surface area contributed by atoms with Crippen molar-refractivity contribution in [1.82, 2.24) is 5.43 Å². The van der Waals surface area contributed by atoms with Gasteiger partial charge in [-0.05, 0) is 60.5 Å². The van der Waals surface area contributed by atoms with Gasteiger partial charge in [0.05, 0.1) is 6.21 Å². The van der Waals surface area contributed by atoms with Crippen molar-refractivity contribution in [2.75, 3.05) is 11.4 Å². The van der Waals surface area contributed by atoms with E-state index in [0.717, 1.165) is 30.0 Å². The van der Waals surface area contributed by atoms with Gasteiger partial charge in [0.1, 0.15) is 11.5 Å². The first-order chi connectivity index (χ1) is 14.7. The Hall–Kier alpha value is -3.93. The number of anilines is 1. The number of hydrogen-bond donors (Lipinski definition) is 1. The monoisotopic (exact) mass is 399 g/mol. The molecule has 1 heterocycles. The van der Waals surface area contributed by atoms with Gasteiger partial charge in [-0.25, -0.2) is 5.43 Å². The van der Waals surface area contributed by atoms with Crippen molar-refractivity contribution in [1.29, 1.82) is 0 Å². The van der Waals surface area contributed by atoms with Crippen molar-refractivity contribution in [2.24, 2.45) is 5.10 Å². The molecule has 30 heavy (non-hydrogen) atoms. The highest BCUT2D eigenvalue weighted by molar-refractivity contribution is 5.97. The maximum absolute atomic E-state index is 12.3. The third-order valence-electron chi connectivity index (χ3n) is 4.73. The van der Waals surface area contributed by atoms with Crippen LogP contribution in [-0.2, 0) is 4.79 Å². The topological polar surface area (TPSA) is 71.0 Å². The number of carbonyl (C=O) groups excluding carboxylic acids is 2. The minimum absolute atomic E-state index is 0.121. The van der Waals surface area contributed by atoms with E-state index >= 15 is 0 Å². The number of nitrogens with one attached hydrogen (secondary N) is 1. The first kappa shape index (κ1) is 19.4. The van der Waals surface area contributed by atoms with Gasteiger partial charge in [-0.2, -0.15) is 5.10 Å². The van der Waals surface area contributed by atoms with E-state index in [-0.39, 0.29) is 11.8 Å². The van der Waals surface area contributed by atoms with Crippen molar-refractivity contribution in [3.63, 3.8) is 0 Å². The number of carbonyl (C=O) groups is 2. The summed E-state index contributed by atoms with van der Waals surface area (Å²) in [6.07, 6.45) is 3.01. The van der Waals surface area contributed by atoms with Gasteiger partial charge >= 0.3 is 0 Å². The van der Waals surface area contributed by atoms with E-state index in [1.807, 2.05) is 54.6 Å². The Kier molecular flexibility index (Phi) is 5.85. The van der Waals surface area contributed by atoms with Crippen LogP contribution < -0.4 is 15.1 Å². The van der Waals surface area contributed by atoms with Gasteiger partial charge in [-0.3, -0.25) is 9.59 Å². The average Bonchev–Trinajstić information content (AvgIpc) is 3.21. The van der Waals surface area contributed by atoms with Crippen LogP contribution in [0.15, 0.2) is 84.0 Å². The van der Waals surface area contributed by atoms with Crippen molar-refractivity contribution in [2.45, 2.75) is 12.8 Å². The molecule has 0 saturated carbocycles. The van der Waals surface area contributed by atoms with Gasteiger partial charge in [-0.15, -0.1) is 0 Å². The fraction of sp³-hybridized carbons (Fsp3) is 0.125. The molecule has 150 valence electrons. The van der Waals surface area contributed by atoms with E-state index in [2.05, 4.69) is 10.5 Å². The molecule has 3 aromatic carbocycles. The molecule has 6 nitrogen and oxygen atoms in total. The molecule has 1 aliphatic rings. The zero-order valence-corrected chi connectivity index (χ0v) is 16.3. The Morgan fingerprint density at radius 1 is 0.967 bits per heavy atom. The molecule has 0 aliphatic carbocycles. The van der Waals surface area contributed by atoms with Crippen LogP contribution in [0.25, 0.3) is 0 Å². The van der Waals surface area contributed by atoms with E-state index < -0.39 is 0 Å². The fourth-order valence-electron chi connectivity index (χ4n) is 3.23. The normalized spacial score (nSPS) is 13.6. The molecule has 1 N–H and O–H groups in total. The second kappa shape index (κ2) is 9.05. The van der Waals surface area contributed by atoms with Crippen LogP contribution in [0, 0.1) is 0 Å². The number of ether oxygens (including phenoxy) is 1. The molecular formula is C24H21N3O3. The molecule has 0 spiro atoms. The second-order valence-corrected chi connectivity index (χ2v) is 6.88. The smallest absolute Gasteiger partial charge is 0.271 e. The fourth-order valence-corrected chi connectivity index (χ4v) is 3.23. The molecule has 3 aromatic rings. The second-order valence-electron chi connectivity index (χ2n) is 6.88. The van der Waals surface area contributed by atoms with Crippen molar-refractivity contribution in [3.8, 4) is 11.5 Å². The first-order valence-electron chi connectivity index (χ1n) is 9.76. The summed E-state index contributed by atoms with van der Waals surface area (Å²) in [4.78, 5) is 25.9. The number of nitrogens with zero attached hydrogens (tertiary/aromatic N) is 2. The summed E-state index contributed by atoms with van der Waals surface area (Å²) in [6, 6.07) is 23.9. The largest absolute Gasteiger partial charge is 0.457 e. The molecule has 2 amide bonds. The number of hydrogen-bond acceptors (Lipinski definition) is 4. The van der Waals surface area contributed by atoms with Crippen molar-refractivity contribution < 1.29 is 14.3 Å². The molecule has 0 atom stereocenters. The lowest BCUT2D eigenvalue weighted by Gasteiger charge is -2.15. The standard InChI is InChI=1S/C24H21N3O3/c28-23-10-5-15-27(23)20-13-11-19(12-14-20)24(29)26-25-17-18-6-4-9-22(16-18)30-21-7-2-1-3-8-21/h1-4,6-9,11-14,16-17H,5,10,15H2,(H,26,29)/b25-17-. The van der Waals surface area contributed by atoms with Crippen LogP contribution in [0.3, 0.4) is 0 Å². The molecular weight excluding hydrogens is 378 g/mol. The highest BCUT2D eigenvalue weighted by atomic mass is 16.5. The van der Waals surface area contributed by atoms with Crippen molar-refractivity contribution in [3.05, 3.63) is 90.0 Å². The van der Waals surface area contributed by atoms with E-state index in [9.17, 15) is 9.59 Å². The maximum atomic E-state index is 12.3. The Balaban J connectivity index is 1.35. The van der Waals surface area contributed by atoms with Gasteiger partial charge in [0, 0.05) is 24.2 Å². The van der Waals surface area contributed by atoms with Crippen LogP contribution in [0.5, 0.6) is 11.5 Å². The summed E-state index contributed by atoms with van der Waals surface area (Å²) >= 11 is 0. The van der Waals surface area contributed by atoms with Gasteiger partial charge in [0.25, 0.3) is 5.91 Å². The van der Waals surface area contributed by atoms with Gasteiger partial charge in [-0.1, -0.05) is 30.3 Å². The van der Waals surface area contributed by atoms with Crippen LogP contribution in [-0.4, -0.2) is 24.6 Å². The number of amides is 2. The van der Waals surface area contributed by atoms with Crippen LogP contribution in [0.2, 0.25) is 0 Å². The summed E-state index contributed by atoms with van der Waals surface area (Å²) in [5, 5.41) is 4.03. The summed E-state index contributed by atoms with van der Waals surface area (Å²) in [5.74, 6) is 1.24. The van der Waals surface area contributed by atoms with Gasteiger partial charge in [0.15, 0.2) is 0 Å². The Bertz CT molecular complexity index is 1060. The lowest BCUT2D eigenvalue weighted by Crippen LogP contribution is -2.24. The molecule has 1 fully saturated rings. The Morgan fingerprint density at radius 3 is 2.47 bits per heavy atom. The number of benzene rings is 3.